The molecule has 0 radical (unpaired) electrons. The Morgan fingerprint density at radius 1 is 1.21 bits per heavy atom. The Morgan fingerprint density at radius 3 is 2.72 bits per heavy atom. The van der Waals surface area contributed by atoms with Crippen molar-refractivity contribution in [3.05, 3.63) is 83.6 Å². The molecular formula is C23H24N4O2. The SMILES string of the molecule is COc1ccccc1C(NC(=O)Cc1c(C)[nH]c2ccccc12)c1nccn1C. The number of hydrogen-bond acceptors (Lipinski definition) is 3. The molecule has 0 spiro atoms. The van der Waals surface area contributed by atoms with Crippen molar-refractivity contribution in [2.75, 3.05) is 7.11 Å². The number of para-hydroxylation sites is 2. The Morgan fingerprint density at radius 2 is 1.97 bits per heavy atom. The van der Waals surface area contributed by atoms with E-state index in [0.717, 1.165) is 33.5 Å². The molecule has 4 aromatic rings. The number of imidazole rings is 1. The van der Waals surface area contributed by atoms with Crippen molar-refractivity contribution in [3.8, 4) is 5.75 Å². The molecule has 148 valence electrons. The van der Waals surface area contributed by atoms with Crippen molar-refractivity contribution < 1.29 is 9.53 Å². The fraction of sp³-hybridized carbons (Fsp3) is 0.217. The smallest absolute Gasteiger partial charge is 0.225 e. The zero-order valence-electron chi connectivity index (χ0n) is 16.8. The summed E-state index contributed by atoms with van der Waals surface area (Å²) in [5.41, 5.74) is 3.93. The van der Waals surface area contributed by atoms with Gasteiger partial charge in [-0.2, -0.15) is 0 Å². The van der Waals surface area contributed by atoms with Crippen molar-refractivity contribution in [2.45, 2.75) is 19.4 Å². The Hall–Kier alpha value is -3.54. The third kappa shape index (κ3) is 3.61. The van der Waals surface area contributed by atoms with Gasteiger partial charge in [0.15, 0.2) is 0 Å². The Kier molecular flexibility index (Phi) is 5.08. The van der Waals surface area contributed by atoms with E-state index in [4.69, 9.17) is 4.74 Å². The summed E-state index contributed by atoms with van der Waals surface area (Å²) in [4.78, 5) is 20.9. The van der Waals surface area contributed by atoms with Crippen LogP contribution >= 0.6 is 0 Å². The average molecular weight is 388 g/mol. The second-order valence-electron chi connectivity index (χ2n) is 7.09. The predicted octanol–water partition coefficient (Wildman–Crippen LogP) is 3.67. The summed E-state index contributed by atoms with van der Waals surface area (Å²) in [6.07, 6.45) is 3.88. The predicted molar refractivity (Wildman–Crippen MR) is 113 cm³/mol. The normalized spacial score (nSPS) is 12.1. The number of H-pyrrole nitrogens is 1. The molecule has 0 fully saturated rings. The Bertz CT molecular complexity index is 1160. The molecule has 0 aliphatic heterocycles. The van der Waals surface area contributed by atoms with Crippen LogP contribution in [-0.2, 0) is 18.3 Å². The highest BCUT2D eigenvalue weighted by molar-refractivity contribution is 5.90. The lowest BCUT2D eigenvalue weighted by Crippen LogP contribution is -2.32. The standard InChI is InChI=1S/C23H24N4O2/c1-15-18(16-8-4-6-10-19(16)25-15)14-21(28)26-22(23-24-12-13-27(23)2)17-9-5-7-11-20(17)29-3/h4-13,22,25H,14H2,1-3H3,(H,26,28). The summed E-state index contributed by atoms with van der Waals surface area (Å²) in [5.74, 6) is 1.39. The molecule has 0 saturated heterocycles. The maximum atomic E-state index is 13.1. The molecule has 0 aliphatic rings. The first-order valence-electron chi connectivity index (χ1n) is 9.54. The van der Waals surface area contributed by atoms with Gasteiger partial charge in [0.25, 0.3) is 0 Å². The molecule has 1 atom stereocenters. The minimum absolute atomic E-state index is 0.0724. The van der Waals surface area contributed by atoms with E-state index in [0.29, 0.717) is 5.75 Å². The summed E-state index contributed by atoms with van der Waals surface area (Å²) < 4.78 is 7.45. The van der Waals surface area contributed by atoms with E-state index >= 15 is 0 Å². The fourth-order valence-corrected chi connectivity index (χ4v) is 3.78. The van der Waals surface area contributed by atoms with E-state index in [2.05, 4.69) is 15.3 Å². The van der Waals surface area contributed by atoms with Crippen molar-refractivity contribution in [1.29, 1.82) is 0 Å². The maximum Gasteiger partial charge on any atom is 0.225 e. The molecule has 1 unspecified atom stereocenters. The van der Waals surface area contributed by atoms with Crippen LogP contribution in [0.1, 0.15) is 28.7 Å². The van der Waals surface area contributed by atoms with E-state index < -0.39 is 6.04 Å². The number of hydrogen-bond donors (Lipinski definition) is 2. The van der Waals surface area contributed by atoms with Crippen molar-refractivity contribution in [2.24, 2.45) is 7.05 Å². The number of rotatable bonds is 6. The van der Waals surface area contributed by atoms with Crippen LogP contribution in [0.2, 0.25) is 0 Å². The molecule has 2 aromatic heterocycles. The molecular weight excluding hydrogens is 364 g/mol. The van der Waals surface area contributed by atoms with E-state index in [1.54, 1.807) is 13.3 Å². The third-order valence-corrected chi connectivity index (χ3v) is 5.24. The van der Waals surface area contributed by atoms with Gasteiger partial charge < -0.3 is 19.6 Å². The van der Waals surface area contributed by atoms with Gasteiger partial charge in [0, 0.05) is 41.6 Å². The number of nitrogens with one attached hydrogen (secondary N) is 2. The van der Waals surface area contributed by atoms with Gasteiger partial charge in [0.2, 0.25) is 5.91 Å². The van der Waals surface area contributed by atoms with Crippen LogP contribution in [0, 0.1) is 6.92 Å². The Balaban J connectivity index is 1.67. The molecule has 1 amide bonds. The van der Waals surface area contributed by atoms with Gasteiger partial charge in [-0.05, 0) is 24.6 Å². The van der Waals surface area contributed by atoms with Gasteiger partial charge in [-0.1, -0.05) is 36.4 Å². The van der Waals surface area contributed by atoms with Crippen LogP contribution in [0.15, 0.2) is 60.9 Å². The van der Waals surface area contributed by atoms with E-state index in [9.17, 15) is 4.79 Å². The van der Waals surface area contributed by atoms with Crippen LogP contribution < -0.4 is 10.1 Å². The zero-order valence-corrected chi connectivity index (χ0v) is 16.8. The molecule has 4 rings (SSSR count). The van der Waals surface area contributed by atoms with Crippen molar-refractivity contribution >= 4 is 16.8 Å². The van der Waals surface area contributed by atoms with Crippen LogP contribution in [-0.4, -0.2) is 27.6 Å². The summed E-state index contributed by atoms with van der Waals surface area (Å²) in [6.45, 7) is 2.00. The first kappa shape index (κ1) is 18.8. The van der Waals surface area contributed by atoms with Gasteiger partial charge >= 0.3 is 0 Å². The molecule has 0 saturated carbocycles. The molecule has 6 nitrogen and oxygen atoms in total. The number of carbonyl (C=O) groups excluding carboxylic acids is 1. The number of amides is 1. The Labute approximate surface area is 169 Å². The number of carbonyl (C=O) groups is 1. The van der Waals surface area contributed by atoms with Crippen molar-refractivity contribution in [3.63, 3.8) is 0 Å². The lowest BCUT2D eigenvalue weighted by Gasteiger charge is -2.21. The zero-order chi connectivity index (χ0) is 20.4. The number of fused-ring (bicyclic) bond motifs is 1. The number of aromatic nitrogens is 3. The highest BCUT2D eigenvalue weighted by Crippen LogP contribution is 2.29. The number of ether oxygens (including phenoxy) is 1. The lowest BCUT2D eigenvalue weighted by atomic mass is 10.0. The van der Waals surface area contributed by atoms with Crippen LogP contribution in [0.25, 0.3) is 10.9 Å². The number of aryl methyl sites for hydroxylation is 2. The van der Waals surface area contributed by atoms with Gasteiger partial charge in [-0.15, -0.1) is 0 Å². The summed E-state index contributed by atoms with van der Waals surface area (Å²) >= 11 is 0. The molecule has 0 bridgehead atoms. The summed E-state index contributed by atoms with van der Waals surface area (Å²) in [7, 11) is 3.55. The highest BCUT2D eigenvalue weighted by atomic mass is 16.5. The van der Waals surface area contributed by atoms with E-state index in [1.807, 2.05) is 73.3 Å². The average Bonchev–Trinajstić information content (AvgIpc) is 3.29. The highest BCUT2D eigenvalue weighted by Gasteiger charge is 2.24. The first-order chi connectivity index (χ1) is 14.1. The number of nitrogens with zero attached hydrogens (tertiary/aromatic N) is 2. The topological polar surface area (TPSA) is 71.9 Å². The number of benzene rings is 2. The van der Waals surface area contributed by atoms with E-state index in [-0.39, 0.29) is 12.3 Å². The third-order valence-electron chi connectivity index (χ3n) is 5.24. The lowest BCUT2D eigenvalue weighted by molar-refractivity contribution is -0.121. The number of aromatic amines is 1. The largest absolute Gasteiger partial charge is 0.496 e. The monoisotopic (exact) mass is 388 g/mol. The fourth-order valence-electron chi connectivity index (χ4n) is 3.78. The maximum absolute atomic E-state index is 13.1. The summed E-state index contributed by atoms with van der Waals surface area (Å²) in [6, 6.07) is 15.3. The minimum Gasteiger partial charge on any atom is -0.496 e. The summed E-state index contributed by atoms with van der Waals surface area (Å²) in [5, 5.41) is 4.24. The minimum atomic E-state index is -0.413. The first-order valence-corrected chi connectivity index (χ1v) is 9.54. The van der Waals surface area contributed by atoms with Crippen LogP contribution in [0.3, 0.4) is 0 Å². The van der Waals surface area contributed by atoms with Gasteiger partial charge in [0.05, 0.1) is 13.5 Å². The molecule has 0 aliphatic carbocycles. The molecule has 2 heterocycles. The van der Waals surface area contributed by atoms with Crippen LogP contribution in [0.5, 0.6) is 5.75 Å². The van der Waals surface area contributed by atoms with Gasteiger partial charge in [-0.3, -0.25) is 4.79 Å². The molecule has 29 heavy (non-hydrogen) atoms. The van der Waals surface area contributed by atoms with E-state index in [1.165, 1.54) is 0 Å². The van der Waals surface area contributed by atoms with Crippen molar-refractivity contribution in [1.82, 2.24) is 19.9 Å². The van der Waals surface area contributed by atoms with Crippen LogP contribution in [0.4, 0.5) is 0 Å². The van der Waals surface area contributed by atoms with Gasteiger partial charge in [0.1, 0.15) is 17.6 Å². The molecule has 2 aromatic carbocycles. The second-order valence-corrected chi connectivity index (χ2v) is 7.09. The quantitative estimate of drug-likeness (QED) is 0.529. The molecule has 6 heteroatoms. The second kappa shape index (κ2) is 7.83. The number of methoxy groups -OCH3 is 1. The van der Waals surface area contributed by atoms with Gasteiger partial charge in [-0.25, -0.2) is 4.98 Å². The molecule has 2 N–H and O–H groups in total.